The van der Waals surface area contributed by atoms with Gasteiger partial charge in [0.1, 0.15) is 0 Å². The van der Waals surface area contributed by atoms with E-state index in [1.165, 1.54) is 44.9 Å². The third-order valence-electron chi connectivity index (χ3n) is 4.14. The van der Waals surface area contributed by atoms with Gasteiger partial charge in [0.2, 0.25) is 0 Å². The molecule has 0 saturated heterocycles. The summed E-state index contributed by atoms with van der Waals surface area (Å²) in [6.07, 6.45) is 9.74. The Morgan fingerprint density at radius 1 is 1.27 bits per heavy atom. The minimum atomic E-state index is 0.498. The molecule has 90 valence electrons. The van der Waals surface area contributed by atoms with Crippen molar-refractivity contribution in [3.8, 4) is 0 Å². The van der Waals surface area contributed by atoms with E-state index < -0.39 is 0 Å². The zero-order valence-electron chi connectivity index (χ0n) is 10.9. The monoisotopic (exact) mass is 211 g/mol. The van der Waals surface area contributed by atoms with Gasteiger partial charge in [0, 0.05) is 0 Å². The molecule has 1 rings (SSSR count). The van der Waals surface area contributed by atoms with Crippen molar-refractivity contribution in [1.82, 2.24) is 0 Å². The maximum atomic E-state index is 6.01. The van der Waals surface area contributed by atoms with Crippen molar-refractivity contribution >= 4 is 0 Å². The van der Waals surface area contributed by atoms with Gasteiger partial charge in [-0.05, 0) is 55.9 Å². The van der Waals surface area contributed by atoms with Crippen molar-refractivity contribution in [1.29, 1.82) is 0 Å². The van der Waals surface area contributed by atoms with Gasteiger partial charge in [-0.2, -0.15) is 0 Å². The molecule has 1 nitrogen and oxygen atoms in total. The summed E-state index contributed by atoms with van der Waals surface area (Å²) in [6, 6.07) is 0. The summed E-state index contributed by atoms with van der Waals surface area (Å²) in [6.45, 7) is 7.87. The van der Waals surface area contributed by atoms with Crippen LogP contribution in [0.3, 0.4) is 0 Å². The number of hydrogen-bond acceptors (Lipinski definition) is 1. The second-order valence-electron chi connectivity index (χ2n) is 6.03. The molecule has 0 aromatic carbocycles. The van der Waals surface area contributed by atoms with Crippen LogP contribution in [-0.2, 0) is 0 Å². The number of rotatable bonds is 5. The lowest BCUT2D eigenvalue weighted by atomic mass is 9.66. The van der Waals surface area contributed by atoms with E-state index in [1.54, 1.807) is 0 Å². The van der Waals surface area contributed by atoms with E-state index in [0.29, 0.717) is 5.41 Å². The molecule has 2 N–H and O–H groups in total. The fourth-order valence-electron chi connectivity index (χ4n) is 3.34. The van der Waals surface area contributed by atoms with Crippen LogP contribution in [0.4, 0.5) is 0 Å². The van der Waals surface area contributed by atoms with Crippen LogP contribution in [-0.4, -0.2) is 6.54 Å². The summed E-state index contributed by atoms with van der Waals surface area (Å²) in [5, 5.41) is 0. The highest BCUT2D eigenvalue weighted by molar-refractivity contribution is 4.87. The Labute approximate surface area is 95.8 Å². The first-order valence-corrected chi connectivity index (χ1v) is 6.82. The molecule has 1 saturated carbocycles. The molecule has 15 heavy (non-hydrogen) atoms. The Morgan fingerprint density at radius 2 is 1.87 bits per heavy atom. The van der Waals surface area contributed by atoms with Crippen LogP contribution >= 0.6 is 0 Å². The average Bonchev–Trinajstić information content (AvgIpc) is 2.21. The molecular weight excluding hydrogens is 182 g/mol. The van der Waals surface area contributed by atoms with Gasteiger partial charge in [0.25, 0.3) is 0 Å². The minimum absolute atomic E-state index is 0.498. The van der Waals surface area contributed by atoms with Crippen molar-refractivity contribution in [2.24, 2.45) is 23.0 Å². The molecule has 0 aliphatic heterocycles. The molecule has 0 atom stereocenters. The SMILES string of the molecule is CCCC1CCC(CN)(CC(C)C)CC1. The van der Waals surface area contributed by atoms with Crippen LogP contribution in [0.5, 0.6) is 0 Å². The predicted molar refractivity (Wildman–Crippen MR) is 67.8 cm³/mol. The largest absolute Gasteiger partial charge is 0.330 e. The summed E-state index contributed by atoms with van der Waals surface area (Å²) in [5.41, 5.74) is 6.50. The van der Waals surface area contributed by atoms with Gasteiger partial charge in [0.15, 0.2) is 0 Å². The maximum Gasteiger partial charge on any atom is -0.00204 e. The molecule has 0 radical (unpaired) electrons. The van der Waals surface area contributed by atoms with Crippen LogP contribution in [0, 0.1) is 17.3 Å². The van der Waals surface area contributed by atoms with Crippen LogP contribution in [0.15, 0.2) is 0 Å². The molecule has 1 aliphatic carbocycles. The quantitative estimate of drug-likeness (QED) is 0.731. The second-order valence-corrected chi connectivity index (χ2v) is 6.03. The van der Waals surface area contributed by atoms with E-state index in [1.807, 2.05) is 0 Å². The topological polar surface area (TPSA) is 26.0 Å². The lowest BCUT2D eigenvalue weighted by molar-refractivity contribution is 0.123. The Bertz CT molecular complexity index is 166. The summed E-state index contributed by atoms with van der Waals surface area (Å²) in [7, 11) is 0. The number of nitrogens with two attached hydrogens (primary N) is 1. The molecule has 0 aromatic heterocycles. The molecular formula is C14H29N. The fraction of sp³-hybridized carbons (Fsp3) is 1.00. The van der Waals surface area contributed by atoms with Gasteiger partial charge < -0.3 is 5.73 Å². The average molecular weight is 211 g/mol. The number of hydrogen-bond donors (Lipinski definition) is 1. The second kappa shape index (κ2) is 5.89. The smallest absolute Gasteiger partial charge is 0.00204 e. The Morgan fingerprint density at radius 3 is 2.27 bits per heavy atom. The van der Waals surface area contributed by atoms with Crippen molar-refractivity contribution in [3.63, 3.8) is 0 Å². The van der Waals surface area contributed by atoms with Crippen molar-refractivity contribution in [2.75, 3.05) is 6.54 Å². The molecule has 1 aliphatic rings. The van der Waals surface area contributed by atoms with Gasteiger partial charge in [-0.1, -0.05) is 33.6 Å². The molecule has 0 unspecified atom stereocenters. The predicted octanol–water partition coefficient (Wildman–Crippen LogP) is 3.97. The van der Waals surface area contributed by atoms with Crippen molar-refractivity contribution in [2.45, 2.75) is 65.7 Å². The van der Waals surface area contributed by atoms with Gasteiger partial charge in [-0.25, -0.2) is 0 Å². The summed E-state index contributed by atoms with van der Waals surface area (Å²) in [5.74, 6) is 1.80. The van der Waals surface area contributed by atoms with Crippen molar-refractivity contribution in [3.05, 3.63) is 0 Å². The van der Waals surface area contributed by atoms with Crippen LogP contribution in [0.2, 0.25) is 0 Å². The van der Waals surface area contributed by atoms with Gasteiger partial charge >= 0.3 is 0 Å². The molecule has 1 fully saturated rings. The molecule has 0 aromatic rings. The molecule has 0 spiro atoms. The maximum absolute atomic E-state index is 6.01. The highest BCUT2D eigenvalue weighted by Crippen LogP contribution is 2.43. The first kappa shape index (κ1) is 13.0. The minimum Gasteiger partial charge on any atom is -0.330 e. The van der Waals surface area contributed by atoms with Gasteiger partial charge in [-0.3, -0.25) is 0 Å². The highest BCUT2D eigenvalue weighted by Gasteiger charge is 2.34. The molecule has 0 amide bonds. The first-order chi connectivity index (χ1) is 7.12. The van der Waals surface area contributed by atoms with E-state index in [-0.39, 0.29) is 0 Å². The lowest BCUT2D eigenvalue weighted by Crippen LogP contribution is -2.36. The van der Waals surface area contributed by atoms with Crippen LogP contribution in [0.1, 0.15) is 65.7 Å². The third kappa shape index (κ3) is 3.79. The lowest BCUT2D eigenvalue weighted by Gasteiger charge is -2.40. The molecule has 1 heteroatoms. The van der Waals surface area contributed by atoms with Crippen LogP contribution < -0.4 is 5.73 Å². The fourth-order valence-corrected chi connectivity index (χ4v) is 3.34. The van der Waals surface area contributed by atoms with E-state index in [0.717, 1.165) is 18.4 Å². The normalized spacial score (nSPS) is 32.2. The molecule has 0 bridgehead atoms. The summed E-state index contributed by atoms with van der Waals surface area (Å²) < 4.78 is 0. The highest BCUT2D eigenvalue weighted by atomic mass is 14.6. The van der Waals surface area contributed by atoms with Gasteiger partial charge in [-0.15, -0.1) is 0 Å². The Kier molecular flexibility index (Phi) is 5.11. The standard InChI is InChI=1S/C14H29N/c1-4-5-13-6-8-14(11-15,9-7-13)10-12(2)3/h12-13H,4-11,15H2,1-3H3. The van der Waals surface area contributed by atoms with E-state index in [9.17, 15) is 0 Å². The van der Waals surface area contributed by atoms with E-state index >= 15 is 0 Å². The van der Waals surface area contributed by atoms with Crippen LogP contribution in [0.25, 0.3) is 0 Å². The zero-order chi connectivity index (χ0) is 11.3. The zero-order valence-corrected chi connectivity index (χ0v) is 10.9. The molecule has 0 heterocycles. The van der Waals surface area contributed by atoms with Crippen molar-refractivity contribution < 1.29 is 0 Å². The Hall–Kier alpha value is -0.0400. The first-order valence-electron chi connectivity index (χ1n) is 6.82. The summed E-state index contributed by atoms with van der Waals surface area (Å²) in [4.78, 5) is 0. The Balaban J connectivity index is 2.43. The summed E-state index contributed by atoms with van der Waals surface area (Å²) >= 11 is 0. The van der Waals surface area contributed by atoms with E-state index in [2.05, 4.69) is 20.8 Å². The van der Waals surface area contributed by atoms with E-state index in [4.69, 9.17) is 5.73 Å². The van der Waals surface area contributed by atoms with Gasteiger partial charge in [0.05, 0.1) is 0 Å². The third-order valence-corrected chi connectivity index (χ3v) is 4.14.